The maximum atomic E-state index is 11.9. The van der Waals surface area contributed by atoms with Crippen molar-refractivity contribution in [3.05, 3.63) is 29.8 Å². The Kier molecular flexibility index (Phi) is 6.26. The van der Waals surface area contributed by atoms with E-state index in [1.54, 1.807) is 24.3 Å². The maximum Gasteiger partial charge on any atom is 0.251 e. The first-order valence-corrected chi connectivity index (χ1v) is 6.81. The molecule has 100 valence electrons. The summed E-state index contributed by atoms with van der Waals surface area (Å²) in [5, 5.41) is 2.95. The monoisotopic (exact) mass is 248 g/mol. The highest BCUT2D eigenvalue weighted by atomic mass is 16.1. The topological polar surface area (TPSA) is 55.1 Å². The van der Waals surface area contributed by atoms with Crippen molar-refractivity contribution < 1.29 is 4.79 Å². The van der Waals surface area contributed by atoms with E-state index in [4.69, 9.17) is 5.73 Å². The molecule has 1 unspecified atom stereocenters. The molecule has 0 fully saturated rings. The van der Waals surface area contributed by atoms with Gasteiger partial charge in [0, 0.05) is 17.8 Å². The zero-order chi connectivity index (χ0) is 13.4. The molecule has 0 aliphatic rings. The minimum atomic E-state index is -0.0337. The van der Waals surface area contributed by atoms with Crippen LogP contribution < -0.4 is 11.1 Å². The van der Waals surface area contributed by atoms with E-state index in [1.165, 1.54) is 19.3 Å². The van der Waals surface area contributed by atoms with E-state index < -0.39 is 0 Å². The molecule has 0 saturated heterocycles. The van der Waals surface area contributed by atoms with Crippen LogP contribution in [0.25, 0.3) is 0 Å². The lowest BCUT2D eigenvalue weighted by Gasteiger charge is -2.14. The van der Waals surface area contributed by atoms with Crippen LogP contribution in [0.4, 0.5) is 5.69 Å². The van der Waals surface area contributed by atoms with Crippen LogP contribution in [0, 0.1) is 5.92 Å². The molecule has 1 aromatic rings. The minimum absolute atomic E-state index is 0.0337. The van der Waals surface area contributed by atoms with E-state index in [2.05, 4.69) is 19.2 Å². The molecular weight excluding hydrogens is 224 g/mol. The van der Waals surface area contributed by atoms with Crippen LogP contribution in [0.2, 0.25) is 0 Å². The van der Waals surface area contributed by atoms with E-state index in [0.717, 1.165) is 18.9 Å². The fraction of sp³-hybridized carbons (Fsp3) is 0.533. The zero-order valence-electron chi connectivity index (χ0n) is 11.4. The Bertz CT molecular complexity index is 377. The molecule has 1 atom stereocenters. The smallest absolute Gasteiger partial charge is 0.251 e. The molecule has 18 heavy (non-hydrogen) atoms. The standard InChI is InChI=1S/C15H24N2O/c1-3-6-12(4-2)9-10-17-15(18)13-7-5-8-14(16)11-13/h5,7-8,11-12H,3-4,6,9-10,16H2,1-2H3,(H,17,18). The summed E-state index contributed by atoms with van der Waals surface area (Å²) in [4.78, 5) is 11.9. The summed E-state index contributed by atoms with van der Waals surface area (Å²) >= 11 is 0. The predicted octanol–water partition coefficient (Wildman–Crippen LogP) is 3.22. The molecule has 0 spiro atoms. The highest BCUT2D eigenvalue weighted by Gasteiger charge is 2.08. The number of nitrogens with two attached hydrogens (primary N) is 1. The normalized spacial score (nSPS) is 12.1. The SMILES string of the molecule is CCCC(CC)CCNC(=O)c1cccc(N)c1. The number of hydrogen-bond donors (Lipinski definition) is 2. The Morgan fingerprint density at radius 1 is 1.33 bits per heavy atom. The second-order valence-corrected chi connectivity index (χ2v) is 4.73. The van der Waals surface area contributed by atoms with Crippen LogP contribution in [-0.2, 0) is 0 Å². The van der Waals surface area contributed by atoms with E-state index in [-0.39, 0.29) is 5.91 Å². The highest BCUT2D eigenvalue weighted by molar-refractivity contribution is 5.94. The molecule has 1 rings (SSSR count). The summed E-state index contributed by atoms with van der Waals surface area (Å²) < 4.78 is 0. The largest absolute Gasteiger partial charge is 0.399 e. The number of nitrogens with one attached hydrogen (secondary N) is 1. The summed E-state index contributed by atoms with van der Waals surface area (Å²) in [6.45, 7) is 5.15. The third-order valence-corrected chi connectivity index (χ3v) is 3.26. The molecule has 0 aliphatic heterocycles. The third kappa shape index (κ3) is 4.78. The number of amides is 1. The molecular formula is C15H24N2O. The Morgan fingerprint density at radius 3 is 2.72 bits per heavy atom. The van der Waals surface area contributed by atoms with Gasteiger partial charge in [0.25, 0.3) is 5.91 Å². The number of benzene rings is 1. The number of anilines is 1. The molecule has 0 aliphatic carbocycles. The predicted molar refractivity (Wildman–Crippen MR) is 76.5 cm³/mol. The lowest BCUT2D eigenvalue weighted by Crippen LogP contribution is -2.26. The first-order valence-electron chi connectivity index (χ1n) is 6.81. The first-order chi connectivity index (χ1) is 8.67. The van der Waals surface area contributed by atoms with Crippen LogP contribution in [0.5, 0.6) is 0 Å². The molecule has 0 heterocycles. The van der Waals surface area contributed by atoms with Gasteiger partial charge in [-0.25, -0.2) is 0 Å². The minimum Gasteiger partial charge on any atom is -0.399 e. The van der Waals surface area contributed by atoms with Crippen LogP contribution in [-0.4, -0.2) is 12.5 Å². The Morgan fingerprint density at radius 2 is 2.11 bits per heavy atom. The van der Waals surface area contributed by atoms with Crippen molar-refractivity contribution >= 4 is 11.6 Å². The fourth-order valence-electron chi connectivity index (χ4n) is 2.13. The van der Waals surface area contributed by atoms with Crippen molar-refractivity contribution in [2.24, 2.45) is 5.92 Å². The average Bonchev–Trinajstić information content (AvgIpc) is 2.37. The maximum absolute atomic E-state index is 11.9. The van der Waals surface area contributed by atoms with Crippen molar-refractivity contribution in [3.63, 3.8) is 0 Å². The van der Waals surface area contributed by atoms with Gasteiger partial charge in [0.1, 0.15) is 0 Å². The highest BCUT2D eigenvalue weighted by Crippen LogP contribution is 2.14. The van der Waals surface area contributed by atoms with E-state index >= 15 is 0 Å². The molecule has 0 aromatic heterocycles. The Labute approximate surface area is 110 Å². The summed E-state index contributed by atoms with van der Waals surface area (Å²) in [5.41, 5.74) is 6.92. The van der Waals surface area contributed by atoms with Crippen molar-refractivity contribution in [2.75, 3.05) is 12.3 Å². The van der Waals surface area contributed by atoms with Gasteiger partial charge in [-0.05, 0) is 30.5 Å². The van der Waals surface area contributed by atoms with Crippen LogP contribution >= 0.6 is 0 Å². The van der Waals surface area contributed by atoms with E-state index in [0.29, 0.717) is 11.3 Å². The fourth-order valence-corrected chi connectivity index (χ4v) is 2.13. The van der Waals surface area contributed by atoms with Crippen molar-refractivity contribution in [3.8, 4) is 0 Å². The van der Waals surface area contributed by atoms with Crippen LogP contribution in [0.15, 0.2) is 24.3 Å². The Hall–Kier alpha value is -1.51. The van der Waals surface area contributed by atoms with E-state index in [9.17, 15) is 4.79 Å². The van der Waals surface area contributed by atoms with Crippen LogP contribution in [0.3, 0.4) is 0 Å². The second-order valence-electron chi connectivity index (χ2n) is 4.73. The van der Waals surface area contributed by atoms with Crippen LogP contribution in [0.1, 0.15) is 49.9 Å². The molecule has 0 radical (unpaired) electrons. The molecule has 1 aromatic carbocycles. The molecule has 1 amide bonds. The van der Waals surface area contributed by atoms with Gasteiger partial charge >= 0.3 is 0 Å². The van der Waals surface area contributed by atoms with Gasteiger partial charge in [0.05, 0.1) is 0 Å². The number of carbonyl (C=O) groups is 1. The number of carbonyl (C=O) groups excluding carboxylic acids is 1. The molecule has 0 saturated carbocycles. The second kappa shape index (κ2) is 7.75. The van der Waals surface area contributed by atoms with Gasteiger partial charge in [-0.1, -0.05) is 39.2 Å². The third-order valence-electron chi connectivity index (χ3n) is 3.26. The van der Waals surface area contributed by atoms with Gasteiger partial charge in [-0.2, -0.15) is 0 Å². The summed E-state index contributed by atoms with van der Waals surface area (Å²) in [7, 11) is 0. The Balaban J connectivity index is 2.37. The first kappa shape index (κ1) is 14.6. The van der Waals surface area contributed by atoms with Gasteiger partial charge in [0.15, 0.2) is 0 Å². The quantitative estimate of drug-likeness (QED) is 0.728. The van der Waals surface area contributed by atoms with Crippen molar-refractivity contribution in [2.45, 2.75) is 39.5 Å². The molecule has 0 bridgehead atoms. The summed E-state index contributed by atoms with van der Waals surface area (Å²) in [6.07, 6.45) is 4.69. The van der Waals surface area contributed by atoms with E-state index in [1.807, 2.05) is 0 Å². The number of hydrogen-bond acceptors (Lipinski definition) is 2. The van der Waals surface area contributed by atoms with Crippen molar-refractivity contribution in [1.29, 1.82) is 0 Å². The van der Waals surface area contributed by atoms with Gasteiger partial charge in [-0.3, -0.25) is 4.79 Å². The number of rotatable bonds is 7. The summed E-state index contributed by atoms with van der Waals surface area (Å²) in [5.74, 6) is 0.685. The average molecular weight is 248 g/mol. The van der Waals surface area contributed by atoms with Gasteiger partial charge in [-0.15, -0.1) is 0 Å². The van der Waals surface area contributed by atoms with Crippen molar-refractivity contribution in [1.82, 2.24) is 5.32 Å². The molecule has 3 nitrogen and oxygen atoms in total. The molecule has 3 N–H and O–H groups in total. The number of nitrogen functional groups attached to an aromatic ring is 1. The van der Waals surface area contributed by atoms with Gasteiger partial charge in [0.2, 0.25) is 0 Å². The van der Waals surface area contributed by atoms with Gasteiger partial charge < -0.3 is 11.1 Å². The summed E-state index contributed by atoms with van der Waals surface area (Å²) in [6, 6.07) is 7.08. The molecule has 3 heteroatoms. The lowest BCUT2D eigenvalue weighted by atomic mass is 9.97. The lowest BCUT2D eigenvalue weighted by molar-refractivity contribution is 0.0951. The zero-order valence-corrected chi connectivity index (χ0v) is 11.4.